The first-order valence-corrected chi connectivity index (χ1v) is 4.61. The topological polar surface area (TPSA) is 39.2 Å². The molecular formula is C11H11NO2. The van der Waals surface area contributed by atoms with Gasteiger partial charge in [-0.05, 0) is 17.7 Å². The molecule has 0 saturated heterocycles. The molecule has 0 amide bonds. The van der Waals surface area contributed by atoms with E-state index in [-0.39, 0.29) is 5.78 Å². The number of ether oxygens (including phenoxy) is 1. The van der Waals surface area contributed by atoms with E-state index in [9.17, 15) is 4.79 Å². The number of rotatable bonds is 3. The second kappa shape index (κ2) is 4.05. The summed E-state index contributed by atoms with van der Waals surface area (Å²) < 4.78 is 5.18. The van der Waals surface area contributed by atoms with Gasteiger partial charge in [-0.1, -0.05) is 6.07 Å². The quantitative estimate of drug-likeness (QED) is 0.723. The number of Topliss-reactive ketones (excluding diaryl/α,β-unsaturated/α-hetero) is 1. The van der Waals surface area contributed by atoms with Crippen molar-refractivity contribution in [3.8, 4) is 0 Å². The third-order valence-corrected chi connectivity index (χ3v) is 2.07. The molecule has 2 rings (SSSR count). The van der Waals surface area contributed by atoms with Crippen molar-refractivity contribution >= 4 is 5.78 Å². The highest BCUT2D eigenvalue weighted by Gasteiger charge is 2.14. The fourth-order valence-corrected chi connectivity index (χ4v) is 1.39. The Kier molecular flexibility index (Phi) is 2.58. The Hall–Kier alpha value is -1.64. The van der Waals surface area contributed by atoms with Crippen molar-refractivity contribution < 1.29 is 9.53 Å². The Bertz CT molecular complexity index is 357. The predicted molar refractivity (Wildman–Crippen MR) is 51.6 cm³/mol. The zero-order valence-electron chi connectivity index (χ0n) is 7.77. The molecule has 0 fully saturated rings. The van der Waals surface area contributed by atoms with E-state index in [4.69, 9.17) is 4.74 Å². The molecule has 0 aromatic carbocycles. The van der Waals surface area contributed by atoms with E-state index in [0.29, 0.717) is 18.8 Å². The van der Waals surface area contributed by atoms with Gasteiger partial charge in [0.25, 0.3) is 0 Å². The maximum atomic E-state index is 11.6. The minimum Gasteiger partial charge on any atom is -0.490 e. The average Bonchev–Trinajstić information content (AvgIpc) is 2.72. The van der Waals surface area contributed by atoms with Crippen LogP contribution in [0.25, 0.3) is 0 Å². The van der Waals surface area contributed by atoms with Crippen molar-refractivity contribution in [3.63, 3.8) is 0 Å². The number of nitrogens with zero attached hydrogens (tertiary/aromatic N) is 1. The average molecular weight is 189 g/mol. The Morgan fingerprint density at radius 3 is 3.14 bits per heavy atom. The van der Waals surface area contributed by atoms with Crippen LogP contribution in [0.5, 0.6) is 0 Å². The van der Waals surface area contributed by atoms with Crippen LogP contribution < -0.4 is 0 Å². The van der Waals surface area contributed by atoms with Gasteiger partial charge >= 0.3 is 0 Å². The van der Waals surface area contributed by atoms with Crippen LogP contribution in [0, 0.1) is 0 Å². The molecule has 0 unspecified atom stereocenters. The molecule has 2 heterocycles. The molecule has 0 saturated carbocycles. The Labute approximate surface area is 82.4 Å². The first kappa shape index (κ1) is 8.94. The van der Waals surface area contributed by atoms with Crippen molar-refractivity contribution in [1.29, 1.82) is 0 Å². The standard InChI is InChI=1S/C11H11NO2/c13-10(11-4-2-6-14-11)7-9-3-1-5-12-8-9/h1,3-5,8H,2,6-7H2. The van der Waals surface area contributed by atoms with Crippen LogP contribution in [0.1, 0.15) is 12.0 Å². The minimum absolute atomic E-state index is 0.0375. The molecule has 1 aliphatic heterocycles. The van der Waals surface area contributed by atoms with Crippen molar-refractivity contribution in [2.75, 3.05) is 6.61 Å². The predicted octanol–water partition coefficient (Wildman–Crippen LogP) is 1.50. The van der Waals surface area contributed by atoms with Crippen molar-refractivity contribution in [3.05, 3.63) is 41.9 Å². The summed E-state index contributed by atoms with van der Waals surface area (Å²) in [5.74, 6) is 0.546. The molecule has 14 heavy (non-hydrogen) atoms. The van der Waals surface area contributed by atoms with Gasteiger partial charge in [-0.2, -0.15) is 0 Å². The molecule has 0 atom stereocenters. The van der Waals surface area contributed by atoms with Gasteiger partial charge in [0.1, 0.15) is 0 Å². The molecule has 1 aromatic rings. The molecule has 3 nitrogen and oxygen atoms in total. The minimum atomic E-state index is 0.0375. The van der Waals surface area contributed by atoms with Crippen LogP contribution in [-0.4, -0.2) is 17.4 Å². The lowest BCUT2D eigenvalue weighted by Crippen LogP contribution is -2.06. The third-order valence-electron chi connectivity index (χ3n) is 2.07. The summed E-state index contributed by atoms with van der Waals surface area (Å²) in [5, 5.41) is 0. The largest absolute Gasteiger partial charge is 0.490 e. The van der Waals surface area contributed by atoms with Crippen molar-refractivity contribution in [2.24, 2.45) is 0 Å². The van der Waals surface area contributed by atoms with Gasteiger partial charge in [0.15, 0.2) is 5.76 Å². The second-order valence-electron chi connectivity index (χ2n) is 3.17. The SMILES string of the molecule is O=C(Cc1cccnc1)C1=CCCO1. The number of aromatic nitrogens is 1. The fourth-order valence-electron chi connectivity index (χ4n) is 1.39. The maximum Gasteiger partial charge on any atom is 0.201 e. The molecule has 0 spiro atoms. The van der Waals surface area contributed by atoms with Crippen LogP contribution in [0.15, 0.2) is 36.4 Å². The normalized spacial score (nSPS) is 14.7. The summed E-state index contributed by atoms with van der Waals surface area (Å²) in [6, 6.07) is 3.72. The van der Waals surface area contributed by atoms with Gasteiger partial charge in [-0.25, -0.2) is 0 Å². The summed E-state index contributed by atoms with van der Waals surface area (Å²) >= 11 is 0. The maximum absolute atomic E-state index is 11.6. The van der Waals surface area contributed by atoms with E-state index in [1.54, 1.807) is 12.4 Å². The number of pyridine rings is 1. The highest BCUT2D eigenvalue weighted by Crippen LogP contribution is 2.12. The van der Waals surface area contributed by atoms with E-state index in [1.165, 1.54) is 0 Å². The van der Waals surface area contributed by atoms with Gasteiger partial charge < -0.3 is 4.74 Å². The fraction of sp³-hybridized carbons (Fsp3) is 0.273. The number of carbonyl (C=O) groups excluding carboxylic acids is 1. The Morgan fingerprint density at radius 2 is 2.50 bits per heavy atom. The van der Waals surface area contributed by atoms with E-state index in [0.717, 1.165) is 12.0 Å². The number of carbonyl (C=O) groups is 1. The molecule has 1 aromatic heterocycles. The van der Waals surface area contributed by atoms with Gasteiger partial charge in [0.05, 0.1) is 6.61 Å². The van der Waals surface area contributed by atoms with Crippen molar-refractivity contribution in [2.45, 2.75) is 12.8 Å². The molecule has 3 heteroatoms. The lowest BCUT2D eigenvalue weighted by Gasteiger charge is -2.02. The first-order valence-electron chi connectivity index (χ1n) is 4.61. The molecule has 0 N–H and O–H groups in total. The zero-order chi connectivity index (χ0) is 9.80. The van der Waals surface area contributed by atoms with Gasteiger partial charge in [0.2, 0.25) is 5.78 Å². The van der Waals surface area contributed by atoms with Crippen LogP contribution >= 0.6 is 0 Å². The third kappa shape index (κ3) is 1.99. The lowest BCUT2D eigenvalue weighted by molar-refractivity contribution is -0.117. The number of ketones is 1. The van der Waals surface area contributed by atoms with Crippen molar-refractivity contribution in [1.82, 2.24) is 4.98 Å². The first-order chi connectivity index (χ1) is 6.86. The van der Waals surface area contributed by atoms with Gasteiger partial charge in [-0.3, -0.25) is 9.78 Å². The van der Waals surface area contributed by atoms with E-state index in [1.807, 2.05) is 18.2 Å². The molecular weight excluding hydrogens is 178 g/mol. The van der Waals surface area contributed by atoms with Crippen LogP contribution in [0.2, 0.25) is 0 Å². The van der Waals surface area contributed by atoms with Gasteiger partial charge in [-0.15, -0.1) is 0 Å². The molecule has 72 valence electrons. The van der Waals surface area contributed by atoms with E-state index in [2.05, 4.69) is 4.98 Å². The zero-order valence-corrected chi connectivity index (χ0v) is 7.77. The molecule has 1 aliphatic rings. The summed E-state index contributed by atoms with van der Waals surface area (Å²) in [6.07, 6.45) is 6.46. The van der Waals surface area contributed by atoms with Crippen LogP contribution in [0.4, 0.5) is 0 Å². The van der Waals surface area contributed by atoms with Crippen LogP contribution in [0.3, 0.4) is 0 Å². The van der Waals surface area contributed by atoms with Crippen LogP contribution in [-0.2, 0) is 16.0 Å². The summed E-state index contributed by atoms with van der Waals surface area (Å²) in [6.45, 7) is 0.633. The van der Waals surface area contributed by atoms with Gasteiger partial charge in [0, 0.05) is 25.2 Å². The summed E-state index contributed by atoms with van der Waals surface area (Å²) in [5.41, 5.74) is 0.925. The lowest BCUT2D eigenvalue weighted by atomic mass is 10.1. The number of hydrogen-bond acceptors (Lipinski definition) is 3. The number of hydrogen-bond donors (Lipinski definition) is 0. The van der Waals surface area contributed by atoms with E-state index >= 15 is 0 Å². The summed E-state index contributed by atoms with van der Waals surface area (Å²) in [7, 11) is 0. The smallest absolute Gasteiger partial charge is 0.201 e. The van der Waals surface area contributed by atoms with E-state index < -0.39 is 0 Å². The summed E-state index contributed by atoms with van der Waals surface area (Å²) in [4.78, 5) is 15.5. The molecule has 0 aliphatic carbocycles. The number of allylic oxidation sites excluding steroid dienone is 1. The molecule has 0 radical (unpaired) electrons. The monoisotopic (exact) mass is 189 g/mol. The second-order valence-corrected chi connectivity index (χ2v) is 3.17. The Balaban J connectivity index is 2.01. The Morgan fingerprint density at radius 1 is 1.57 bits per heavy atom. The highest BCUT2D eigenvalue weighted by atomic mass is 16.5. The molecule has 0 bridgehead atoms. The highest BCUT2D eigenvalue weighted by molar-refractivity contribution is 5.95.